The molecule has 1 aliphatic rings. The van der Waals surface area contributed by atoms with Gasteiger partial charge in [0.2, 0.25) is 5.91 Å². The summed E-state index contributed by atoms with van der Waals surface area (Å²) in [7, 11) is 0. The number of carbonyl (C=O) groups is 1. The predicted molar refractivity (Wildman–Crippen MR) is 85.0 cm³/mol. The second kappa shape index (κ2) is 5.72. The zero-order valence-corrected chi connectivity index (χ0v) is 12.4. The van der Waals surface area contributed by atoms with Gasteiger partial charge in [-0.2, -0.15) is 0 Å². The highest BCUT2D eigenvalue weighted by Gasteiger charge is 2.39. The van der Waals surface area contributed by atoms with E-state index in [1.165, 1.54) is 17.5 Å². The number of carbonyl (C=O) groups excluding carboxylic acids is 1. The molecule has 0 atom stereocenters. The Morgan fingerprint density at radius 2 is 1.86 bits per heavy atom. The minimum Gasteiger partial charge on any atom is -0.346 e. The molecule has 1 aliphatic carbocycles. The van der Waals surface area contributed by atoms with E-state index in [1.807, 2.05) is 30.3 Å². The molecule has 1 amide bonds. The van der Waals surface area contributed by atoms with Gasteiger partial charge in [-0.25, -0.2) is 0 Å². The summed E-state index contributed by atoms with van der Waals surface area (Å²) >= 11 is 0. The molecule has 0 spiro atoms. The van der Waals surface area contributed by atoms with Crippen LogP contribution in [0.3, 0.4) is 0 Å². The van der Waals surface area contributed by atoms with Gasteiger partial charge in [0.25, 0.3) is 0 Å². The molecule has 1 N–H and O–H groups in total. The van der Waals surface area contributed by atoms with Gasteiger partial charge in [-0.15, -0.1) is 0 Å². The minimum absolute atomic E-state index is 0.115. The maximum absolute atomic E-state index is 12.4. The third kappa shape index (κ3) is 2.99. The first-order valence-corrected chi connectivity index (χ1v) is 7.60. The third-order valence-electron chi connectivity index (χ3n) is 4.36. The predicted octanol–water partition coefficient (Wildman–Crippen LogP) is 3.73. The number of benzene rings is 2. The largest absolute Gasteiger partial charge is 0.346 e. The normalized spacial score (nSPS) is 16.0. The molecule has 108 valence electrons. The zero-order chi connectivity index (χ0) is 14.7. The SMILES string of the molecule is Cc1cccc(CC(=O)NC2(c3ccccc3)CCC2)c1. The van der Waals surface area contributed by atoms with Gasteiger partial charge in [0.15, 0.2) is 0 Å². The van der Waals surface area contributed by atoms with E-state index in [4.69, 9.17) is 0 Å². The highest BCUT2D eigenvalue weighted by Crippen LogP contribution is 2.41. The van der Waals surface area contributed by atoms with Gasteiger partial charge >= 0.3 is 0 Å². The Balaban J connectivity index is 1.71. The molecule has 2 aromatic rings. The van der Waals surface area contributed by atoms with Crippen LogP contribution in [0.15, 0.2) is 54.6 Å². The Labute approximate surface area is 126 Å². The topological polar surface area (TPSA) is 29.1 Å². The lowest BCUT2D eigenvalue weighted by Crippen LogP contribution is -2.51. The summed E-state index contributed by atoms with van der Waals surface area (Å²) in [6.45, 7) is 2.05. The number of nitrogens with one attached hydrogen (secondary N) is 1. The second-order valence-electron chi connectivity index (χ2n) is 6.02. The van der Waals surface area contributed by atoms with Crippen LogP contribution in [-0.4, -0.2) is 5.91 Å². The molecule has 0 unspecified atom stereocenters. The van der Waals surface area contributed by atoms with E-state index in [9.17, 15) is 4.79 Å². The quantitative estimate of drug-likeness (QED) is 0.907. The number of hydrogen-bond donors (Lipinski definition) is 1. The van der Waals surface area contributed by atoms with E-state index in [0.29, 0.717) is 6.42 Å². The van der Waals surface area contributed by atoms with Gasteiger partial charge < -0.3 is 5.32 Å². The first-order chi connectivity index (χ1) is 10.2. The van der Waals surface area contributed by atoms with Crippen molar-refractivity contribution >= 4 is 5.91 Å². The Bertz CT molecular complexity index is 629. The first-order valence-electron chi connectivity index (χ1n) is 7.60. The summed E-state index contributed by atoms with van der Waals surface area (Å²) in [5.41, 5.74) is 3.37. The molecule has 2 nitrogen and oxygen atoms in total. The molecule has 0 aromatic heterocycles. The summed E-state index contributed by atoms with van der Waals surface area (Å²) in [6, 6.07) is 18.5. The van der Waals surface area contributed by atoms with E-state index in [1.54, 1.807) is 0 Å². The molecule has 0 saturated heterocycles. The highest BCUT2D eigenvalue weighted by molar-refractivity contribution is 5.79. The molecule has 1 saturated carbocycles. The van der Waals surface area contributed by atoms with Crippen LogP contribution in [-0.2, 0) is 16.8 Å². The molecule has 2 heteroatoms. The van der Waals surface area contributed by atoms with Crippen LogP contribution in [0.5, 0.6) is 0 Å². The van der Waals surface area contributed by atoms with Crippen molar-refractivity contribution in [3.63, 3.8) is 0 Å². The molecule has 3 rings (SSSR count). The average Bonchev–Trinajstić information content (AvgIpc) is 2.44. The Hall–Kier alpha value is -2.09. The van der Waals surface area contributed by atoms with Gasteiger partial charge in [-0.05, 0) is 37.3 Å². The van der Waals surface area contributed by atoms with Crippen LogP contribution >= 0.6 is 0 Å². The summed E-state index contributed by atoms with van der Waals surface area (Å²) in [5.74, 6) is 0.115. The van der Waals surface area contributed by atoms with Gasteiger partial charge in [-0.1, -0.05) is 60.2 Å². The van der Waals surface area contributed by atoms with Gasteiger partial charge in [0, 0.05) is 0 Å². The van der Waals surface area contributed by atoms with Crippen molar-refractivity contribution < 1.29 is 4.79 Å². The van der Waals surface area contributed by atoms with Crippen molar-refractivity contribution in [3.05, 3.63) is 71.3 Å². The molecule has 2 aromatic carbocycles. The van der Waals surface area contributed by atoms with Crippen LogP contribution in [0, 0.1) is 6.92 Å². The number of amides is 1. The molecule has 0 bridgehead atoms. The fourth-order valence-corrected chi connectivity index (χ4v) is 3.09. The Morgan fingerprint density at radius 1 is 1.10 bits per heavy atom. The number of aryl methyl sites for hydroxylation is 1. The smallest absolute Gasteiger partial charge is 0.225 e. The fourth-order valence-electron chi connectivity index (χ4n) is 3.09. The van der Waals surface area contributed by atoms with E-state index < -0.39 is 0 Å². The number of rotatable bonds is 4. The maximum atomic E-state index is 12.4. The summed E-state index contributed by atoms with van der Waals surface area (Å²) < 4.78 is 0. The molecule has 21 heavy (non-hydrogen) atoms. The first kappa shape index (κ1) is 13.9. The van der Waals surface area contributed by atoms with Crippen molar-refractivity contribution in [2.75, 3.05) is 0 Å². The van der Waals surface area contributed by atoms with E-state index in [-0.39, 0.29) is 11.4 Å². The van der Waals surface area contributed by atoms with Crippen molar-refractivity contribution in [2.45, 2.75) is 38.1 Å². The fraction of sp³-hybridized carbons (Fsp3) is 0.316. The summed E-state index contributed by atoms with van der Waals surface area (Å²) in [5, 5.41) is 3.28. The van der Waals surface area contributed by atoms with Crippen LogP contribution in [0.4, 0.5) is 0 Å². The molecule has 0 radical (unpaired) electrons. The van der Waals surface area contributed by atoms with Crippen LogP contribution in [0.2, 0.25) is 0 Å². The molecule has 1 fully saturated rings. The van der Waals surface area contributed by atoms with Gasteiger partial charge in [-0.3, -0.25) is 4.79 Å². The molecular formula is C19H21NO. The molecular weight excluding hydrogens is 258 g/mol. The summed E-state index contributed by atoms with van der Waals surface area (Å²) in [6.07, 6.45) is 3.71. The highest BCUT2D eigenvalue weighted by atomic mass is 16.1. The minimum atomic E-state index is -0.137. The van der Waals surface area contributed by atoms with Gasteiger partial charge in [0.1, 0.15) is 0 Å². The van der Waals surface area contributed by atoms with Crippen LogP contribution < -0.4 is 5.32 Å². The van der Waals surface area contributed by atoms with Crippen molar-refractivity contribution in [3.8, 4) is 0 Å². The molecule has 0 heterocycles. The monoisotopic (exact) mass is 279 g/mol. The van der Waals surface area contributed by atoms with Crippen LogP contribution in [0.25, 0.3) is 0 Å². The molecule has 0 aliphatic heterocycles. The average molecular weight is 279 g/mol. The lowest BCUT2D eigenvalue weighted by atomic mass is 9.71. The lowest BCUT2D eigenvalue weighted by molar-refractivity contribution is -0.123. The summed E-state index contributed by atoms with van der Waals surface area (Å²) in [4.78, 5) is 12.4. The standard InChI is InChI=1S/C19H21NO/c1-15-7-5-8-16(13-15)14-18(21)20-19(11-6-12-19)17-9-3-2-4-10-17/h2-5,7-10,13H,6,11-12,14H2,1H3,(H,20,21). The lowest BCUT2D eigenvalue weighted by Gasteiger charge is -2.43. The van der Waals surface area contributed by atoms with Crippen LogP contribution in [0.1, 0.15) is 36.0 Å². The van der Waals surface area contributed by atoms with Gasteiger partial charge in [0.05, 0.1) is 12.0 Å². The Kier molecular flexibility index (Phi) is 3.78. The van der Waals surface area contributed by atoms with E-state index in [0.717, 1.165) is 18.4 Å². The van der Waals surface area contributed by atoms with Crippen molar-refractivity contribution in [1.29, 1.82) is 0 Å². The maximum Gasteiger partial charge on any atom is 0.225 e. The zero-order valence-electron chi connectivity index (χ0n) is 12.4. The van der Waals surface area contributed by atoms with E-state index in [2.05, 4.69) is 36.5 Å². The van der Waals surface area contributed by atoms with Crippen molar-refractivity contribution in [2.24, 2.45) is 0 Å². The second-order valence-corrected chi connectivity index (χ2v) is 6.02. The van der Waals surface area contributed by atoms with E-state index >= 15 is 0 Å². The van der Waals surface area contributed by atoms with Crippen molar-refractivity contribution in [1.82, 2.24) is 5.32 Å². The number of hydrogen-bond acceptors (Lipinski definition) is 1. The third-order valence-corrected chi connectivity index (χ3v) is 4.36. The Morgan fingerprint density at radius 3 is 2.48 bits per heavy atom.